The quantitative estimate of drug-likeness (QED) is 0.825. The second-order valence-electron chi connectivity index (χ2n) is 5.94. The van der Waals surface area contributed by atoms with Gasteiger partial charge in [-0.2, -0.15) is 0 Å². The molecule has 1 aliphatic rings. The highest BCUT2D eigenvalue weighted by molar-refractivity contribution is 7.94. The number of ether oxygens (including phenoxy) is 2. The van der Waals surface area contributed by atoms with Gasteiger partial charge in [0.25, 0.3) is 0 Å². The summed E-state index contributed by atoms with van der Waals surface area (Å²) in [6, 6.07) is 8.00. The molecule has 0 radical (unpaired) electrons. The van der Waals surface area contributed by atoms with Crippen LogP contribution in [0.1, 0.15) is 13.8 Å². The molecular formula is C17H22O6S. The molecule has 0 spiro atoms. The van der Waals surface area contributed by atoms with Crippen molar-refractivity contribution in [2.24, 2.45) is 11.8 Å². The van der Waals surface area contributed by atoms with Crippen molar-refractivity contribution in [1.82, 2.24) is 0 Å². The van der Waals surface area contributed by atoms with E-state index in [1.165, 1.54) is 25.3 Å². The number of aliphatic hydroxyl groups excluding tert-OH is 1. The monoisotopic (exact) mass is 354 g/mol. The van der Waals surface area contributed by atoms with Crippen molar-refractivity contribution in [3.63, 3.8) is 0 Å². The van der Waals surface area contributed by atoms with Gasteiger partial charge in [0.2, 0.25) is 0 Å². The predicted octanol–water partition coefficient (Wildman–Crippen LogP) is 1.55. The summed E-state index contributed by atoms with van der Waals surface area (Å²) in [5, 5.41) is 11.4. The number of rotatable bonds is 4. The molecule has 1 fully saturated rings. The number of carbonyl (C=O) groups is 1. The lowest BCUT2D eigenvalue weighted by Crippen LogP contribution is -2.51. The van der Waals surface area contributed by atoms with Crippen LogP contribution in [0.5, 0.6) is 0 Å². The van der Waals surface area contributed by atoms with Crippen molar-refractivity contribution in [1.29, 1.82) is 0 Å². The molecule has 1 aliphatic heterocycles. The minimum absolute atomic E-state index is 0.170. The fourth-order valence-electron chi connectivity index (χ4n) is 2.75. The fraction of sp³-hybridized carbons (Fsp3) is 0.471. The largest absolute Gasteiger partial charge is 0.467 e. The highest BCUT2D eigenvalue weighted by Gasteiger charge is 2.43. The Morgan fingerprint density at radius 1 is 1.21 bits per heavy atom. The molecule has 24 heavy (non-hydrogen) atoms. The van der Waals surface area contributed by atoms with Crippen LogP contribution in [0.3, 0.4) is 0 Å². The maximum Gasteiger partial charge on any atom is 0.335 e. The summed E-state index contributed by atoms with van der Waals surface area (Å²) in [6.07, 6.45) is -1.08. The summed E-state index contributed by atoms with van der Waals surface area (Å²) in [7, 11) is -2.37. The van der Waals surface area contributed by atoms with E-state index in [0.717, 1.165) is 5.41 Å². The van der Waals surface area contributed by atoms with Gasteiger partial charge in [-0.15, -0.1) is 0 Å². The van der Waals surface area contributed by atoms with Gasteiger partial charge >= 0.3 is 5.97 Å². The maximum absolute atomic E-state index is 12.3. The van der Waals surface area contributed by atoms with E-state index in [1.807, 2.05) is 0 Å². The van der Waals surface area contributed by atoms with E-state index in [0.29, 0.717) is 0 Å². The first-order chi connectivity index (χ1) is 11.3. The van der Waals surface area contributed by atoms with Gasteiger partial charge in [-0.25, -0.2) is 13.2 Å². The third-order valence-electron chi connectivity index (χ3n) is 4.33. The number of aliphatic hydroxyl groups is 1. The second kappa shape index (κ2) is 7.46. The lowest BCUT2D eigenvalue weighted by molar-refractivity contribution is -0.185. The molecule has 5 unspecified atom stereocenters. The standard InChI is InChI=1S/C17H22O6S/c1-11-14(23-16(17(19)22-3)12(2)15(11)18)9-10-24(20,21)13-7-5-4-6-8-13/h4-12,14-16,18H,1-3H3/b10-9+. The molecule has 5 atom stereocenters. The minimum Gasteiger partial charge on any atom is -0.467 e. The zero-order valence-corrected chi connectivity index (χ0v) is 14.6. The van der Waals surface area contributed by atoms with Gasteiger partial charge in [0.15, 0.2) is 15.9 Å². The SMILES string of the molecule is COC(=O)C1OC(/C=C/S(=O)(=O)c2ccccc2)C(C)C(O)C1C. The molecule has 1 saturated heterocycles. The summed E-state index contributed by atoms with van der Waals surface area (Å²) in [5.41, 5.74) is 0. The van der Waals surface area contributed by atoms with Gasteiger partial charge < -0.3 is 14.6 Å². The van der Waals surface area contributed by atoms with E-state index < -0.39 is 40.0 Å². The average Bonchev–Trinajstić information content (AvgIpc) is 2.59. The van der Waals surface area contributed by atoms with E-state index in [9.17, 15) is 18.3 Å². The number of hydrogen-bond donors (Lipinski definition) is 1. The first-order valence-electron chi connectivity index (χ1n) is 7.67. The maximum atomic E-state index is 12.3. The molecule has 1 aromatic carbocycles. The van der Waals surface area contributed by atoms with E-state index >= 15 is 0 Å². The van der Waals surface area contributed by atoms with E-state index in [1.54, 1.807) is 32.0 Å². The Hall–Kier alpha value is -1.70. The molecule has 0 saturated carbocycles. The summed E-state index contributed by atoms with van der Waals surface area (Å²) in [6.45, 7) is 3.45. The zero-order chi connectivity index (χ0) is 17.9. The van der Waals surface area contributed by atoms with Crippen molar-refractivity contribution in [2.75, 3.05) is 7.11 Å². The molecule has 2 rings (SSSR count). The Morgan fingerprint density at radius 2 is 1.83 bits per heavy atom. The van der Waals surface area contributed by atoms with Crippen molar-refractivity contribution in [3.05, 3.63) is 41.8 Å². The summed E-state index contributed by atoms with van der Waals surface area (Å²) >= 11 is 0. The van der Waals surface area contributed by atoms with Crippen LogP contribution in [0.2, 0.25) is 0 Å². The molecule has 1 aromatic rings. The third-order valence-corrected chi connectivity index (χ3v) is 5.77. The van der Waals surface area contributed by atoms with Crippen molar-refractivity contribution in [2.45, 2.75) is 37.1 Å². The summed E-state index contributed by atoms with van der Waals surface area (Å²) in [5.74, 6) is -1.39. The van der Waals surface area contributed by atoms with Crippen LogP contribution in [0.15, 0.2) is 46.7 Å². The van der Waals surface area contributed by atoms with Gasteiger partial charge in [0.05, 0.1) is 24.2 Å². The van der Waals surface area contributed by atoms with Crippen LogP contribution < -0.4 is 0 Å². The second-order valence-corrected chi connectivity index (χ2v) is 7.77. The summed E-state index contributed by atoms with van der Waals surface area (Å²) in [4.78, 5) is 12.0. The predicted molar refractivity (Wildman–Crippen MR) is 87.8 cm³/mol. The minimum atomic E-state index is -3.62. The lowest BCUT2D eigenvalue weighted by atomic mass is 9.83. The Balaban J connectivity index is 2.22. The van der Waals surface area contributed by atoms with Crippen molar-refractivity contribution in [3.8, 4) is 0 Å². The number of benzene rings is 1. The fourth-order valence-corrected chi connectivity index (χ4v) is 3.80. The third kappa shape index (κ3) is 3.85. The van der Waals surface area contributed by atoms with Gasteiger partial charge in [-0.1, -0.05) is 32.0 Å². The molecule has 7 heteroatoms. The Labute approximate surface area is 142 Å². The number of hydrogen-bond acceptors (Lipinski definition) is 6. The van der Waals surface area contributed by atoms with Gasteiger partial charge in [-0.05, 0) is 18.2 Å². The molecule has 6 nitrogen and oxygen atoms in total. The van der Waals surface area contributed by atoms with Gasteiger partial charge in [0, 0.05) is 17.2 Å². The van der Waals surface area contributed by atoms with Crippen LogP contribution in [-0.4, -0.2) is 44.9 Å². The van der Waals surface area contributed by atoms with Crippen LogP contribution in [0, 0.1) is 11.8 Å². The van der Waals surface area contributed by atoms with E-state index in [4.69, 9.17) is 4.74 Å². The first kappa shape index (κ1) is 18.6. The lowest BCUT2D eigenvalue weighted by Gasteiger charge is -2.40. The van der Waals surface area contributed by atoms with Crippen LogP contribution >= 0.6 is 0 Å². The first-order valence-corrected chi connectivity index (χ1v) is 9.22. The van der Waals surface area contributed by atoms with Crippen LogP contribution in [-0.2, 0) is 24.1 Å². The topological polar surface area (TPSA) is 89.9 Å². The van der Waals surface area contributed by atoms with Crippen LogP contribution in [0.4, 0.5) is 0 Å². The number of carbonyl (C=O) groups excluding carboxylic acids is 1. The van der Waals surface area contributed by atoms with Crippen molar-refractivity contribution >= 4 is 15.8 Å². The summed E-state index contributed by atoms with van der Waals surface area (Å²) < 4.78 is 35.0. The van der Waals surface area contributed by atoms with Crippen molar-refractivity contribution < 1.29 is 27.8 Å². The highest BCUT2D eigenvalue weighted by Crippen LogP contribution is 2.31. The van der Waals surface area contributed by atoms with Gasteiger partial charge in [-0.3, -0.25) is 0 Å². The van der Waals surface area contributed by atoms with E-state index in [-0.39, 0.29) is 10.8 Å². The molecule has 132 valence electrons. The normalized spacial score (nSPS) is 31.1. The number of sulfone groups is 1. The Morgan fingerprint density at radius 3 is 2.42 bits per heavy atom. The highest BCUT2D eigenvalue weighted by atomic mass is 32.2. The molecule has 0 bridgehead atoms. The average molecular weight is 354 g/mol. The van der Waals surface area contributed by atoms with Crippen LogP contribution in [0.25, 0.3) is 0 Å². The zero-order valence-electron chi connectivity index (χ0n) is 13.8. The Bertz CT molecular complexity index is 697. The Kier molecular flexibility index (Phi) is 5.79. The molecular weight excluding hydrogens is 332 g/mol. The molecule has 1 N–H and O–H groups in total. The molecule has 0 amide bonds. The van der Waals surface area contributed by atoms with Gasteiger partial charge in [0.1, 0.15) is 0 Å². The molecule has 0 aromatic heterocycles. The van der Waals surface area contributed by atoms with E-state index in [2.05, 4.69) is 4.74 Å². The smallest absolute Gasteiger partial charge is 0.335 e. The molecule has 0 aliphatic carbocycles. The molecule has 1 heterocycles. The number of esters is 1. The number of methoxy groups -OCH3 is 1.